The minimum Gasteiger partial charge on any atom is -0.366 e. The van der Waals surface area contributed by atoms with Crippen LogP contribution in [0.4, 0.5) is 10.1 Å². The highest BCUT2D eigenvalue weighted by molar-refractivity contribution is 5.51. The molecule has 1 aliphatic heterocycles. The lowest BCUT2D eigenvalue weighted by atomic mass is 10.1. The van der Waals surface area contributed by atoms with E-state index in [0.717, 1.165) is 13.1 Å². The molecule has 0 spiro atoms. The van der Waals surface area contributed by atoms with Crippen molar-refractivity contribution in [1.82, 2.24) is 4.90 Å². The molecular weight excluding hydrogens is 229 g/mol. The van der Waals surface area contributed by atoms with Crippen molar-refractivity contribution < 1.29 is 4.39 Å². The molecule has 1 fully saturated rings. The molecule has 2 rings (SSSR count). The summed E-state index contributed by atoms with van der Waals surface area (Å²) in [5.41, 5.74) is 0.965. The highest BCUT2D eigenvalue weighted by atomic mass is 19.1. The van der Waals surface area contributed by atoms with Crippen molar-refractivity contribution in [3.63, 3.8) is 0 Å². The molecule has 0 radical (unpaired) electrons. The lowest BCUT2D eigenvalue weighted by Gasteiger charge is -2.43. The van der Waals surface area contributed by atoms with Gasteiger partial charge in [-0.15, -0.1) is 0 Å². The Bertz CT molecular complexity index is 468. The van der Waals surface area contributed by atoms with Crippen molar-refractivity contribution in [2.45, 2.75) is 25.9 Å². The van der Waals surface area contributed by atoms with Gasteiger partial charge in [-0.2, -0.15) is 5.26 Å². The summed E-state index contributed by atoms with van der Waals surface area (Å²) < 4.78 is 14.0. The number of nitrogens with zero attached hydrogens (tertiary/aromatic N) is 3. The first-order valence-electron chi connectivity index (χ1n) is 6.19. The van der Waals surface area contributed by atoms with Gasteiger partial charge in [0, 0.05) is 25.2 Å². The molecular formula is C14H18FN3. The van der Waals surface area contributed by atoms with Gasteiger partial charge in [0.05, 0.1) is 17.3 Å². The summed E-state index contributed by atoms with van der Waals surface area (Å²) in [7, 11) is 2.10. The van der Waals surface area contributed by atoms with E-state index in [1.807, 2.05) is 6.07 Å². The molecule has 2 atom stereocenters. The second-order valence-corrected chi connectivity index (χ2v) is 5.05. The van der Waals surface area contributed by atoms with Crippen molar-refractivity contribution in [2.75, 3.05) is 25.0 Å². The van der Waals surface area contributed by atoms with E-state index in [1.165, 1.54) is 6.07 Å². The number of nitriles is 1. The summed E-state index contributed by atoms with van der Waals surface area (Å²) in [4.78, 5) is 4.36. The van der Waals surface area contributed by atoms with Crippen LogP contribution in [0.2, 0.25) is 0 Å². The molecule has 18 heavy (non-hydrogen) atoms. The van der Waals surface area contributed by atoms with Crippen molar-refractivity contribution in [3.8, 4) is 6.07 Å². The van der Waals surface area contributed by atoms with Crippen molar-refractivity contribution in [3.05, 3.63) is 29.6 Å². The fourth-order valence-electron chi connectivity index (χ4n) is 2.43. The summed E-state index contributed by atoms with van der Waals surface area (Å²) in [5, 5.41) is 8.75. The van der Waals surface area contributed by atoms with Gasteiger partial charge in [-0.1, -0.05) is 0 Å². The van der Waals surface area contributed by atoms with Crippen LogP contribution in [0.3, 0.4) is 0 Å². The molecule has 4 heteroatoms. The number of piperazine rings is 1. The smallest absolute Gasteiger partial charge is 0.147 e. The van der Waals surface area contributed by atoms with E-state index in [4.69, 9.17) is 5.26 Å². The van der Waals surface area contributed by atoms with Crippen LogP contribution in [0.25, 0.3) is 0 Å². The van der Waals surface area contributed by atoms with E-state index in [9.17, 15) is 4.39 Å². The molecule has 1 heterocycles. The molecule has 0 saturated carbocycles. The molecule has 0 aliphatic carbocycles. The third kappa shape index (κ3) is 2.32. The Labute approximate surface area is 107 Å². The molecule has 1 saturated heterocycles. The van der Waals surface area contributed by atoms with Crippen molar-refractivity contribution in [2.24, 2.45) is 0 Å². The fourth-order valence-corrected chi connectivity index (χ4v) is 2.43. The third-order valence-electron chi connectivity index (χ3n) is 3.78. The molecule has 0 bridgehead atoms. The van der Waals surface area contributed by atoms with Crippen molar-refractivity contribution in [1.29, 1.82) is 5.26 Å². The molecule has 0 amide bonds. The van der Waals surface area contributed by atoms with E-state index in [0.29, 0.717) is 23.3 Å². The number of hydrogen-bond acceptors (Lipinski definition) is 3. The minimum absolute atomic E-state index is 0.307. The van der Waals surface area contributed by atoms with Crippen LogP contribution in [0, 0.1) is 17.1 Å². The number of hydrogen-bond donors (Lipinski definition) is 0. The quantitative estimate of drug-likeness (QED) is 0.762. The second kappa shape index (κ2) is 4.95. The predicted molar refractivity (Wildman–Crippen MR) is 70.0 cm³/mol. The summed E-state index contributed by atoms with van der Waals surface area (Å²) in [6, 6.07) is 7.43. The number of likely N-dealkylation sites (N-methyl/N-ethyl adjacent to an activating group) is 1. The van der Waals surface area contributed by atoms with E-state index in [1.54, 1.807) is 12.1 Å². The lowest BCUT2D eigenvalue weighted by molar-refractivity contribution is 0.169. The topological polar surface area (TPSA) is 30.3 Å². The highest BCUT2D eigenvalue weighted by Gasteiger charge is 2.27. The molecule has 1 aromatic rings. The Morgan fingerprint density at radius 1 is 1.28 bits per heavy atom. The summed E-state index contributed by atoms with van der Waals surface area (Å²) in [5.74, 6) is -0.307. The Balaban J connectivity index is 2.25. The minimum atomic E-state index is -0.307. The van der Waals surface area contributed by atoms with E-state index in [-0.39, 0.29) is 5.82 Å². The van der Waals surface area contributed by atoms with Gasteiger partial charge in [0.15, 0.2) is 0 Å². The zero-order valence-electron chi connectivity index (χ0n) is 11.0. The largest absolute Gasteiger partial charge is 0.366 e. The predicted octanol–water partition coefficient (Wildman–Crippen LogP) is 2.23. The zero-order valence-corrected chi connectivity index (χ0v) is 11.0. The number of rotatable bonds is 1. The first-order valence-corrected chi connectivity index (χ1v) is 6.19. The molecule has 2 unspecified atom stereocenters. The summed E-state index contributed by atoms with van der Waals surface area (Å²) in [6.07, 6.45) is 0. The van der Waals surface area contributed by atoms with Crippen LogP contribution < -0.4 is 4.90 Å². The van der Waals surface area contributed by atoms with Crippen LogP contribution in [0.15, 0.2) is 18.2 Å². The number of anilines is 1. The molecule has 1 aliphatic rings. The normalized spacial score (nSPS) is 24.9. The Hall–Kier alpha value is -1.60. The second-order valence-electron chi connectivity index (χ2n) is 5.05. The summed E-state index contributed by atoms with van der Waals surface area (Å²) in [6.45, 7) is 5.90. The zero-order chi connectivity index (χ0) is 13.3. The van der Waals surface area contributed by atoms with Crippen molar-refractivity contribution >= 4 is 5.69 Å². The first-order chi connectivity index (χ1) is 8.52. The van der Waals surface area contributed by atoms with Gasteiger partial charge < -0.3 is 4.90 Å². The van der Waals surface area contributed by atoms with E-state index in [2.05, 4.69) is 30.7 Å². The van der Waals surface area contributed by atoms with E-state index >= 15 is 0 Å². The molecule has 0 aromatic heterocycles. The molecule has 96 valence electrons. The SMILES string of the molecule is CC1CN(c2ccc(C#N)cc2F)CC(C)N1C. The average molecular weight is 247 g/mol. The average Bonchev–Trinajstić information content (AvgIpc) is 2.35. The maximum Gasteiger partial charge on any atom is 0.147 e. The Morgan fingerprint density at radius 3 is 2.39 bits per heavy atom. The maximum absolute atomic E-state index is 14.0. The first kappa shape index (κ1) is 12.8. The maximum atomic E-state index is 14.0. The van der Waals surface area contributed by atoms with Gasteiger partial charge >= 0.3 is 0 Å². The van der Waals surface area contributed by atoms with Crippen LogP contribution in [0.5, 0.6) is 0 Å². The van der Waals surface area contributed by atoms with Gasteiger partial charge in [0.2, 0.25) is 0 Å². The van der Waals surface area contributed by atoms with Gasteiger partial charge in [-0.3, -0.25) is 4.90 Å². The molecule has 3 nitrogen and oxygen atoms in total. The Kier molecular flexibility index (Phi) is 3.53. The lowest BCUT2D eigenvalue weighted by Crippen LogP contribution is -2.55. The number of halogens is 1. The standard InChI is InChI=1S/C14H18FN3/c1-10-8-18(9-11(2)17(10)3)14-5-4-12(7-16)6-13(14)15/h4-6,10-11H,8-9H2,1-3H3. The van der Waals surface area contributed by atoms with Gasteiger partial charge in [0.1, 0.15) is 5.82 Å². The fraction of sp³-hybridized carbons (Fsp3) is 0.500. The van der Waals surface area contributed by atoms with Crippen LogP contribution in [-0.2, 0) is 0 Å². The van der Waals surface area contributed by atoms with Crippen LogP contribution in [-0.4, -0.2) is 37.1 Å². The van der Waals surface area contributed by atoms with Gasteiger partial charge in [-0.25, -0.2) is 4.39 Å². The Morgan fingerprint density at radius 2 is 1.89 bits per heavy atom. The van der Waals surface area contributed by atoms with Crippen LogP contribution in [0.1, 0.15) is 19.4 Å². The van der Waals surface area contributed by atoms with Crippen LogP contribution >= 0.6 is 0 Å². The highest BCUT2D eigenvalue weighted by Crippen LogP contribution is 2.24. The van der Waals surface area contributed by atoms with E-state index < -0.39 is 0 Å². The van der Waals surface area contributed by atoms with Gasteiger partial charge in [-0.05, 0) is 39.1 Å². The molecule has 0 N–H and O–H groups in total. The number of benzene rings is 1. The third-order valence-corrected chi connectivity index (χ3v) is 3.78. The summed E-state index contributed by atoms with van der Waals surface area (Å²) >= 11 is 0. The monoisotopic (exact) mass is 247 g/mol. The molecule has 1 aromatic carbocycles. The van der Waals surface area contributed by atoms with Gasteiger partial charge in [0.25, 0.3) is 0 Å².